The van der Waals surface area contributed by atoms with Gasteiger partial charge in [-0.2, -0.15) is 0 Å². The van der Waals surface area contributed by atoms with Gasteiger partial charge in [0.05, 0.1) is 23.9 Å². The summed E-state index contributed by atoms with van der Waals surface area (Å²) < 4.78 is 22.3. The first-order chi connectivity index (χ1) is 18.8. The van der Waals surface area contributed by atoms with Crippen molar-refractivity contribution in [1.29, 1.82) is 0 Å². The van der Waals surface area contributed by atoms with Crippen LogP contribution in [-0.2, 0) is 11.3 Å². The van der Waals surface area contributed by atoms with Gasteiger partial charge in [0.25, 0.3) is 0 Å². The second-order valence-corrected chi connectivity index (χ2v) is 11.1. The predicted octanol–water partition coefficient (Wildman–Crippen LogP) is 5.75. The molecule has 0 bridgehead atoms. The van der Waals surface area contributed by atoms with Crippen LogP contribution in [0.4, 0.5) is 4.39 Å². The topological polar surface area (TPSA) is 75.0 Å². The summed E-state index contributed by atoms with van der Waals surface area (Å²) in [7, 11) is 5.70. The van der Waals surface area contributed by atoms with Gasteiger partial charge in [0.15, 0.2) is 0 Å². The molecule has 0 radical (unpaired) electrons. The quantitative estimate of drug-likeness (QED) is 0.417. The summed E-state index contributed by atoms with van der Waals surface area (Å²) >= 11 is 0. The summed E-state index contributed by atoms with van der Waals surface area (Å²) in [6.07, 6.45) is 7.19. The Labute approximate surface area is 229 Å². The molecule has 3 aromatic rings. The minimum atomic E-state index is -1.02. The van der Waals surface area contributed by atoms with Crippen molar-refractivity contribution in [3.63, 3.8) is 0 Å². The molecule has 2 fully saturated rings. The van der Waals surface area contributed by atoms with Gasteiger partial charge >= 0.3 is 5.97 Å². The molecule has 0 atom stereocenters. The molecular formula is C31H38FN3O4. The van der Waals surface area contributed by atoms with E-state index in [2.05, 4.69) is 19.0 Å². The number of likely N-dealkylation sites (tertiary alicyclic amines) is 1. The van der Waals surface area contributed by atoms with Crippen LogP contribution in [-0.4, -0.2) is 71.7 Å². The fourth-order valence-corrected chi connectivity index (χ4v) is 6.50. The van der Waals surface area contributed by atoms with E-state index in [0.717, 1.165) is 55.2 Å². The Morgan fingerprint density at radius 1 is 1.03 bits per heavy atom. The van der Waals surface area contributed by atoms with Gasteiger partial charge < -0.3 is 24.2 Å². The summed E-state index contributed by atoms with van der Waals surface area (Å²) in [5.41, 5.74) is 3.25. The summed E-state index contributed by atoms with van der Waals surface area (Å²) in [5.74, 6) is -0.676. The van der Waals surface area contributed by atoms with Crippen molar-refractivity contribution < 1.29 is 23.8 Å². The predicted molar refractivity (Wildman–Crippen MR) is 150 cm³/mol. The van der Waals surface area contributed by atoms with Crippen molar-refractivity contribution in [1.82, 2.24) is 14.4 Å². The zero-order valence-electron chi connectivity index (χ0n) is 23.1. The maximum Gasteiger partial charge on any atom is 0.335 e. The normalized spacial score (nSPS) is 17.2. The molecule has 1 aliphatic heterocycles. The third-order valence-electron chi connectivity index (χ3n) is 8.62. The summed E-state index contributed by atoms with van der Waals surface area (Å²) in [6.45, 7) is 1.40. The third kappa shape index (κ3) is 5.39. The number of hydrogen-bond donors (Lipinski definition) is 1. The maximum absolute atomic E-state index is 14.7. The van der Waals surface area contributed by atoms with Gasteiger partial charge in [0.2, 0.25) is 5.91 Å². The number of piperidine rings is 1. The monoisotopic (exact) mass is 535 g/mol. The number of hydrogen-bond acceptors (Lipinski definition) is 4. The second-order valence-electron chi connectivity index (χ2n) is 11.1. The van der Waals surface area contributed by atoms with Crippen molar-refractivity contribution in [2.24, 2.45) is 0 Å². The first-order valence-corrected chi connectivity index (χ1v) is 14.0. The Morgan fingerprint density at radius 2 is 1.74 bits per heavy atom. The largest absolute Gasteiger partial charge is 0.496 e. The number of rotatable bonds is 7. The standard InChI is InChI=1S/C31H38FN3O4/c1-33(2)23-13-15-34(16-14-23)28(36)19-35-26-17-21(31(37)38)9-11-24(26)29(20-7-5-4-6-8-20)30(35)25-18-22(32)10-12-27(25)39-3/h9-12,17-18,20,23H,4-8,13-16,19H2,1-3H3,(H,37,38). The molecule has 2 aromatic carbocycles. The lowest BCUT2D eigenvalue weighted by atomic mass is 9.81. The van der Waals surface area contributed by atoms with E-state index >= 15 is 0 Å². The van der Waals surface area contributed by atoms with Gasteiger partial charge in [0, 0.05) is 30.1 Å². The third-order valence-corrected chi connectivity index (χ3v) is 8.62. The van der Waals surface area contributed by atoms with E-state index < -0.39 is 5.97 Å². The Kier molecular flexibility index (Phi) is 7.93. The highest BCUT2D eigenvalue weighted by Gasteiger charge is 2.31. The molecule has 8 heteroatoms. The molecule has 39 heavy (non-hydrogen) atoms. The number of aromatic nitrogens is 1. The average Bonchev–Trinajstić information content (AvgIpc) is 3.26. The van der Waals surface area contributed by atoms with E-state index in [1.54, 1.807) is 25.3 Å². The number of carbonyl (C=O) groups excluding carboxylic acids is 1. The molecule has 2 aliphatic rings. The van der Waals surface area contributed by atoms with E-state index in [0.29, 0.717) is 36.0 Å². The number of amides is 1. The zero-order chi connectivity index (χ0) is 27.7. The van der Waals surface area contributed by atoms with Crippen molar-refractivity contribution >= 4 is 22.8 Å². The molecule has 1 N–H and O–H groups in total. The number of nitrogens with zero attached hydrogens (tertiary/aromatic N) is 3. The minimum absolute atomic E-state index is 0.0170. The lowest BCUT2D eigenvalue weighted by Gasteiger charge is -2.35. The fourth-order valence-electron chi connectivity index (χ4n) is 6.50. The number of ether oxygens (including phenoxy) is 1. The van der Waals surface area contributed by atoms with Gasteiger partial charge in [0.1, 0.15) is 18.1 Å². The first-order valence-electron chi connectivity index (χ1n) is 14.0. The van der Waals surface area contributed by atoms with Crippen molar-refractivity contribution in [2.45, 2.75) is 63.5 Å². The van der Waals surface area contributed by atoms with Crippen LogP contribution in [0, 0.1) is 5.82 Å². The molecule has 0 spiro atoms. The van der Waals surface area contributed by atoms with Gasteiger partial charge in [-0.1, -0.05) is 25.3 Å². The molecule has 2 heterocycles. The van der Waals surface area contributed by atoms with Crippen LogP contribution in [0.25, 0.3) is 22.2 Å². The molecule has 7 nitrogen and oxygen atoms in total. The number of aromatic carboxylic acids is 1. The van der Waals surface area contributed by atoms with Gasteiger partial charge in [-0.3, -0.25) is 4.79 Å². The van der Waals surface area contributed by atoms with Crippen LogP contribution in [0.3, 0.4) is 0 Å². The van der Waals surface area contributed by atoms with Gasteiger partial charge in [-0.05, 0) is 81.6 Å². The van der Waals surface area contributed by atoms with Crippen molar-refractivity contribution in [2.75, 3.05) is 34.3 Å². The lowest BCUT2D eigenvalue weighted by Crippen LogP contribution is -2.45. The fraction of sp³-hybridized carbons (Fsp3) is 0.484. The van der Waals surface area contributed by atoms with Crippen molar-refractivity contribution in [3.8, 4) is 17.0 Å². The van der Waals surface area contributed by atoms with Crippen LogP contribution >= 0.6 is 0 Å². The Hall–Kier alpha value is -3.39. The summed E-state index contributed by atoms with van der Waals surface area (Å²) in [6, 6.07) is 10.1. The molecule has 5 rings (SSSR count). The minimum Gasteiger partial charge on any atom is -0.496 e. The average molecular weight is 536 g/mol. The van der Waals surface area contributed by atoms with Gasteiger partial charge in [-0.25, -0.2) is 9.18 Å². The molecule has 1 saturated carbocycles. The first kappa shape index (κ1) is 27.2. The Morgan fingerprint density at radius 3 is 2.38 bits per heavy atom. The maximum atomic E-state index is 14.7. The van der Waals surface area contributed by atoms with E-state index in [9.17, 15) is 19.1 Å². The number of carbonyl (C=O) groups is 2. The molecule has 1 aliphatic carbocycles. The molecular weight excluding hydrogens is 497 g/mol. The smallest absolute Gasteiger partial charge is 0.335 e. The van der Waals surface area contributed by atoms with E-state index in [-0.39, 0.29) is 29.8 Å². The zero-order valence-corrected chi connectivity index (χ0v) is 23.1. The van der Waals surface area contributed by atoms with Crippen LogP contribution in [0.15, 0.2) is 36.4 Å². The highest BCUT2D eigenvalue weighted by atomic mass is 19.1. The Balaban J connectivity index is 1.69. The van der Waals surface area contributed by atoms with Crippen LogP contribution in [0.1, 0.15) is 66.8 Å². The number of methoxy groups -OCH3 is 1. The highest BCUT2D eigenvalue weighted by molar-refractivity contribution is 5.99. The number of fused-ring (bicyclic) bond motifs is 1. The summed E-state index contributed by atoms with van der Waals surface area (Å²) in [4.78, 5) is 29.8. The van der Waals surface area contributed by atoms with Crippen LogP contribution in [0.5, 0.6) is 5.75 Å². The summed E-state index contributed by atoms with van der Waals surface area (Å²) in [5, 5.41) is 10.7. The number of halogens is 1. The Bertz CT molecular complexity index is 1370. The number of carboxylic acids is 1. The molecule has 1 saturated heterocycles. The lowest BCUT2D eigenvalue weighted by molar-refractivity contribution is -0.133. The van der Waals surface area contributed by atoms with Crippen LogP contribution in [0.2, 0.25) is 0 Å². The van der Waals surface area contributed by atoms with E-state index in [4.69, 9.17) is 4.74 Å². The number of carboxylic acid groups (broad SMARTS) is 1. The van der Waals surface area contributed by atoms with Crippen LogP contribution < -0.4 is 4.74 Å². The molecule has 1 aromatic heterocycles. The SMILES string of the molecule is COc1ccc(F)cc1-c1c(C2CCCCC2)c2ccc(C(=O)O)cc2n1CC(=O)N1CCC(N(C)C)CC1. The van der Waals surface area contributed by atoms with Crippen molar-refractivity contribution in [3.05, 3.63) is 53.3 Å². The second kappa shape index (κ2) is 11.4. The molecule has 208 valence electrons. The molecule has 0 unspecified atom stereocenters. The molecule has 1 amide bonds. The number of benzene rings is 2. The van der Waals surface area contributed by atoms with E-state index in [1.807, 2.05) is 15.5 Å². The van der Waals surface area contributed by atoms with Gasteiger partial charge in [-0.15, -0.1) is 0 Å². The highest BCUT2D eigenvalue weighted by Crippen LogP contribution is 2.46. The van der Waals surface area contributed by atoms with E-state index in [1.165, 1.54) is 18.6 Å².